The zero-order valence-electron chi connectivity index (χ0n) is 9.97. The lowest BCUT2D eigenvalue weighted by molar-refractivity contribution is -0.143. The number of rotatable bonds is 5. The van der Waals surface area contributed by atoms with Gasteiger partial charge in [0.05, 0.1) is 12.5 Å². The zero-order chi connectivity index (χ0) is 13.2. The summed E-state index contributed by atoms with van der Waals surface area (Å²) in [7, 11) is 1.43. The zero-order valence-corrected chi connectivity index (χ0v) is 9.97. The third-order valence-corrected chi connectivity index (χ3v) is 3.10. The lowest BCUT2D eigenvalue weighted by atomic mass is 10.1. The first-order chi connectivity index (χ1) is 8.59. The van der Waals surface area contributed by atoms with Crippen LogP contribution in [-0.4, -0.2) is 35.6 Å². The molecule has 2 rings (SSSR count). The van der Waals surface area contributed by atoms with Crippen LogP contribution < -0.4 is 10.1 Å². The number of carbonyl (C=O) groups is 2. The van der Waals surface area contributed by atoms with E-state index in [1.165, 1.54) is 13.3 Å². The van der Waals surface area contributed by atoms with Crippen LogP contribution in [0.1, 0.15) is 23.2 Å². The average Bonchev–Trinajstić information content (AvgIpc) is 3.17. The molecule has 1 amide bonds. The molecule has 1 aromatic rings. The van der Waals surface area contributed by atoms with Crippen molar-refractivity contribution in [2.24, 2.45) is 5.41 Å². The number of carboxylic acids is 1. The van der Waals surface area contributed by atoms with Gasteiger partial charge in [0.15, 0.2) is 0 Å². The summed E-state index contributed by atoms with van der Waals surface area (Å²) in [6.07, 6.45) is 2.73. The molecular formula is C12H14N2O4. The molecule has 1 saturated carbocycles. The van der Waals surface area contributed by atoms with Gasteiger partial charge in [-0.15, -0.1) is 0 Å². The van der Waals surface area contributed by atoms with E-state index in [1.54, 1.807) is 12.1 Å². The van der Waals surface area contributed by atoms with Gasteiger partial charge in [-0.1, -0.05) is 0 Å². The van der Waals surface area contributed by atoms with Crippen LogP contribution in [0.4, 0.5) is 0 Å². The van der Waals surface area contributed by atoms with Gasteiger partial charge < -0.3 is 15.2 Å². The van der Waals surface area contributed by atoms with Crippen molar-refractivity contribution in [1.29, 1.82) is 0 Å². The van der Waals surface area contributed by atoms with Gasteiger partial charge in [-0.05, 0) is 25.0 Å². The Balaban J connectivity index is 2.02. The van der Waals surface area contributed by atoms with Crippen molar-refractivity contribution in [2.75, 3.05) is 13.7 Å². The highest BCUT2D eigenvalue weighted by Crippen LogP contribution is 2.45. The van der Waals surface area contributed by atoms with E-state index in [2.05, 4.69) is 10.3 Å². The lowest BCUT2D eigenvalue weighted by Crippen LogP contribution is -2.34. The summed E-state index contributed by atoms with van der Waals surface area (Å²) in [4.78, 5) is 26.8. The Hall–Kier alpha value is -2.11. The summed E-state index contributed by atoms with van der Waals surface area (Å²) in [5.74, 6) is -0.997. The van der Waals surface area contributed by atoms with Gasteiger partial charge in [0.1, 0.15) is 5.56 Å². The van der Waals surface area contributed by atoms with Gasteiger partial charge in [-0.3, -0.25) is 9.59 Å². The molecule has 0 radical (unpaired) electrons. The fraction of sp³-hybridized carbons (Fsp3) is 0.417. The fourth-order valence-electron chi connectivity index (χ4n) is 1.69. The summed E-state index contributed by atoms with van der Waals surface area (Å²) in [6, 6.07) is 3.21. The number of hydrogen-bond donors (Lipinski definition) is 2. The van der Waals surface area contributed by atoms with Crippen LogP contribution in [-0.2, 0) is 4.79 Å². The molecule has 0 bridgehead atoms. The molecule has 0 spiro atoms. The van der Waals surface area contributed by atoms with Gasteiger partial charge in [0.2, 0.25) is 5.88 Å². The summed E-state index contributed by atoms with van der Waals surface area (Å²) in [5, 5.41) is 11.6. The molecule has 1 aliphatic carbocycles. The van der Waals surface area contributed by atoms with Crippen LogP contribution in [0.25, 0.3) is 0 Å². The Morgan fingerprint density at radius 3 is 2.83 bits per heavy atom. The van der Waals surface area contributed by atoms with Crippen LogP contribution in [0.5, 0.6) is 5.88 Å². The number of aliphatic carboxylic acids is 1. The summed E-state index contributed by atoms with van der Waals surface area (Å²) < 4.78 is 4.97. The van der Waals surface area contributed by atoms with E-state index in [1.807, 2.05) is 0 Å². The van der Waals surface area contributed by atoms with Crippen molar-refractivity contribution < 1.29 is 19.4 Å². The molecular weight excluding hydrogens is 236 g/mol. The van der Waals surface area contributed by atoms with Crippen LogP contribution in [0.2, 0.25) is 0 Å². The quantitative estimate of drug-likeness (QED) is 0.802. The van der Waals surface area contributed by atoms with Gasteiger partial charge in [0.25, 0.3) is 5.91 Å². The lowest BCUT2D eigenvalue weighted by Gasteiger charge is -2.12. The Bertz CT molecular complexity index is 483. The molecule has 6 nitrogen and oxygen atoms in total. The normalized spacial score (nSPS) is 15.8. The highest BCUT2D eigenvalue weighted by atomic mass is 16.5. The van der Waals surface area contributed by atoms with Crippen molar-refractivity contribution >= 4 is 11.9 Å². The smallest absolute Gasteiger partial charge is 0.311 e. The van der Waals surface area contributed by atoms with Crippen molar-refractivity contribution in [2.45, 2.75) is 12.8 Å². The molecule has 0 aromatic carbocycles. The number of nitrogens with zero attached hydrogens (tertiary/aromatic N) is 1. The highest BCUT2D eigenvalue weighted by molar-refractivity contribution is 5.96. The number of amides is 1. The van der Waals surface area contributed by atoms with Gasteiger partial charge in [0, 0.05) is 12.7 Å². The molecule has 1 aliphatic rings. The first-order valence-corrected chi connectivity index (χ1v) is 5.60. The number of methoxy groups -OCH3 is 1. The molecule has 2 N–H and O–H groups in total. The van der Waals surface area contributed by atoms with E-state index >= 15 is 0 Å². The van der Waals surface area contributed by atoms with Crippen molar-refractivity contribution in [3.63, 3.8) is 0 Å². The third-order valence-electron chi connectivity index (χ3n) is 3.10. The Morgan fingerprint density at radius 2 is 2.28 bits per heavy atom. The van der Waals surface area contributed by atoms with E-state index in [4.69, 9.17) is 9.84 Å². The number of pyridine rings is 1. The Morgan fingerprint density at radius 1 is 1.56 bits per heavy atom. The summed E-state index contributed by atoms with van der Waals surface area (Å²) >= 11 is 0. The van der Waals surface area contributed by atoms with Crippen molar-refractivity contribution in [3.8, 4) is 5.88 Å². The minimum absolute atomic E-state index is 0.138. The molecule has 1 fully saturated rings. The minimum atomic E-state index is -0.860. The maximum absolute atomic E-state index is 11.9. The topological polar surface area (TPSA) is 88.5 Å². The van der Waals surface area contributed by atoms with Crippen LogP contribution in [0, 0.1) is 5.41 Å². The number of carboxylic acid groups (broad SMARTS) is 1. The van der Waals surface area contributed by atoms with Crippen LogP contribution in [0.15, 0.2) is 18.3 Å². The third kappa shape index (κ3) is 2.27. The molecule has 6 heteroatoms. The van der Waals surface area contributed by atoms with Crippen LogP contribution >= 0.6 is 0 Å². The van der Waals surface area contributed by atoms with E-state index in [-0.39, 0.29) is 18.3 Å². The maximum Gasteiger partial charge on any atom is 0.311 e. The molecule has 0 unspecified atom stereocenters. The molecule has 0 atom stereocenters. The molecule has 1 heterocycles. The predicted octanol–water partition coefficient (Wildman–Crippen LogP) is 0.685. The van der Waals surface area contributed by atoms with E-state index in [9.17, 15) is 9.59 Å². The second kappa shape index (κ2) is 4.64. The standard InChI is InChI=1S/C12H14N2O4/c1-18-10-8(3-2-6-13-10)9(15)14-7-12(4-5-12)11(16)17/h2-3,6H,4-5,7H2,1H3,(H,14,15)(H,16,17). The van der Waals surface area contributed by atoms with Gasteiger partial charge in [-0.2, -0.15) is 0 Å². The van der Waals surface area contributed by atoms with Crippen LogP contribution in [0.3, 0.4) is 0 Å². The number of ether oxygens (including phenoxy) is 1. The van der Waals surface area contributed by atoms with E-state index in [0.717, 1.165) is 0 Å². The largest absolute Gasteiger partial charge is 0.481 e. The van der Waals surface area contributed by atoms with Crippen molar-refractivity contribution in [3.05, 3.63) is 23.9 Å². The predicted molar refractivity (Wildman–Crippen MR) is 62.4 cm³/mol. The molecule has 18 heavy (non-hydrogen) atoms. The number of aromatic nitrogens is 1. The highest BCUT2D eigenvalue weighted by Gasteiger charge is 2.50. The average molecular weight is 250 g/mol. The minimum Gasteiger partial charge on any atom is -0.481 e. The second-order valence-corrected chi connectivity index (χ2v) is 4.33. The van der Waals surface area contributed by atoms with Gasteiger partial charge in [-0.25, -0.2) is 4.98 Å². The van der Waals surface area contributed by atoms with Gasteiger partial charge >= 0.3 is 5.97 Å². The number of nitrogens with one attached hydrogen (secondary N) is 1. The fourth-order valence-corrected chi connectivity index (χ4v) is 1.69. The molecule has 1 aromatic heterocycles. The first kappa shape index (κ1) is 12.3. The number of carbonyl (C=O) groups excluding carboxylic acids is 1. The second-order valence-electron chi connectivity index (χ2n) is 4.33. The van der Waals surface area contributed by atoms with Crippen molar-refractivity contribution in [1.82, 2.24) is 10.3 Å². The molecule has 96 valence electrons. The molecule has 0 aliphatic heterocycles. The first-order valence-electron chi connectivity index (χ1n) is 5.60. The molecule has 0 saturated heterocycles. The summed E-state index contributed by atoms with van der Waals surface area (Å²) in [6.45, 7) is 0.138. The van der Waals surface area contributed by atoms with E-state index in [0.29, 0.717) is 18.4 Å². The van der Waals surface area contributed by atoms with E-state index < -0.39 is 11.4 Å². The summed E-state index contributed by atoms with van der Waals surface area (Å²) in [5.41, 5.74) is -0.466. The monoisotopic (exact) mass is 250 g/mol. The Labute approximate surface area is 104 Å². The SMILES string of the molecule is COc1ncccc1C(=O)NCC1(C(=O)O)CC1. The maximum atomic E-state index is 11.9. The number of hydrogen-bond acceptors (Lipinski definition) is 4. The Kier molecular flexibility index (Phi) is 3.18.